The molecule has 1 N–H and O–H groups in total. The predicted octanol–water partition coefficient (Wildman–Crippen LogP) is 1.62. The monoisotopic (exact) mass is 347 g/mol. The minimum absolute atomic E-state index is 0.0824. The molecule has 0 radical (unpaired) electrons. The molecule has 24 heavy (non-hydrogen) atoms. The quantitative estimate of drug-likeness (QED) is 0.915. The van der Waals surface area contributed by atoms with E-state index in [9.17, 15) is 13.2 Å². The minimum atomic E-state index is -3.27. The van der Waals surface area contributed by atoms with Gasteiger partial charge in [-0.15, -0.1) is 0 Å². The molecular formula is C17H21N3O3S. The first kappa shape index (κ1) is 16.9. The van der Waals surface area contributed by atoms with Gasteiger partial charge in [0.25, 0.3) is 5.91 Å². The van der Waals surface area contributed by atoms with Crippen molar-refractivity contribution in [1.82, 2.24) is 14.6 Å². The fourth-order valence-electron chi connectivity index (χ4n) is 3.35. The maximum Gasteiger partial charge on any atom is 0.256 e. The number of para-hydroxylation sites is 1. The fraction of sp³-hybridized carbons (Fsp3) is 0.412. The summed E-state index contributed by atoms with van der Waals surface area (Å²) in [5, 5.41) is 0.969. The van der Waals surface area contributed by atoms with Crippen LogP contribution in [0.2, 0.25) is 0 Å². The Labute approximate surface area is 141 Å². The SMILES string of the molecule is Cc1nc2ccccc2c(C)c1C(=O)N1CCC(NS(C)(=O)=O)C1. The average Bonchev–Trinajstić information content (AvgIpc) is 2.93. The summed E-state index contributed by atoms with van der Waals surface area (Å²) in [4.78, 5) is 19.2. The summed E-state index contributed by atoms with van der Waals surface area (Å²) >= 11 is 0. The van der Waals surface area contributed by atoms with Crippen LogP contribution in [0.3, 0.4) is 0 Å². The Morgan fingerprint density at radius 3 is 2.71 bits per heavy atom. The molecule has 2 heterocycles. The second-order valence-corrected chi connectivity index (χ2v) is 8.12. The molecule has 3 rings (SSSR count). The van der Waals surface area contributed by atoms with Crippen LogP contribution in [0.4, 0.5) is 0 Å². The normalized spacial score (nSPS) is 18.3. The van der Waals surface area contributed by atoms with Crippen molar-refractivity contribution in [1.29, 1.82) is 0 Å². The predicted molar refractivity (Wildman–Crippen MR) is 93.5 cm³/mol. The van der Waals surface area contributed by atoms with Crippen molar-refractivity contribution in [2.75, 3.05) is 19.3 Å². The highest BCUT2D eigenvalue weighted by Gasteiger charge is 2.30. The van der Waals surface area contributed by atoms with Crippen molar-refractivity contribution in [2.45, 2.75) is 26.3 Å². The van der Waals surface area contributed by atoms with E-state index >= 15 is 0 Å². The van der Waals surface area contributed by atoms with E-state index in [4.69, 9.17) is 0 Å². The number of aromatic nitrogens is 1. The highest BCUT2D eigenvalue weighted by Crippen LogP contribution is 2.25. The number of hydrogen-bond donors (Lipinski definition) is 1. The van der Waals surface area contributed by atoms with Gasteiger partial charge in [-0.05, 0) is 31.9 Å². The van der Waals surface area contributed by atoms with Crippen molar-refractivity contribution >= 4 is 26.8 Å². The van der Waals surface area contributed by atoms with Crippen LogP contribution < -0.4 is 4.72 Å². The fourth-order valence-corrected chi connectivity index (χ4v) is 4.15. The van der Waals surface area contributed by atoms with Crippen molar-refractivity contribution in [3.8, 4) is 0 Å². The molecule has 0 aliphatic carbocycles. The van der Waals surface area contributed by atoms with Gasteiger partial charge in [0.2, 0.25) is 10.0 Å². The average molecular weight is 347 g/mol. The molecule has 1 aliphatic heterocycles. The Bertz CT molecular complexity index is 909. The number of pyridine rings is 1. The molecule has 1 unspecified atom stereocenters. The molecule has 0 saturated carbocycles. The molecule has 0 bridgehead atoms. The van der Waals surface area contributed by atoms with Crippen molar-refractivity contribution in [2.24, 2.45) is 0 Å². The lowest BCUT2D eigenvalue weighted by atomic mass is 10.0. The summed E-state index contributed by atoms with van der Waals surface area (Å²) in [5.74, 6) is -0.0824. The maximum atomic E-state index is 13.0. The molecule has 1 saturated heterocycles. The Balaban J connectivity index is 1.90. The van der Waals surface area contributed by atoms with Crippen molar-refractivity contribution in [3.63, 3.8) is 0 Å². The van der Waals surface area contributed by atoms with E-state index < -0.39 is 10.0 Å². The molecule has 1 atom stereocenters. The topological polar surface area (TPSA) is 79.4 Å². The van der Waals surface area contributed by atoms with Gasteiger partial charge in [0.1, 0.15) is 0 Å². The molecule has 2 aromatic rings. The van der Waals surface area contributed by atoms with Gasteiger partial charge in [0, 0.05) is 24.5 Å². The Kier molecular flexibility index (Phi) is 4.31. The number of nitrogens with zero attached hydrogens (tertiary/aromatic N) is 2. The van der Waals surface area contributed by atoms with Gasteiger partial charge in [0.15, 0.2) is 0 Å². The van der Waals surface area contributed by atoms with E-state index in [0.717, 1.165) is 22.7 Å². The van der Waals surface area contributed by atoms with Crippen molar-refractivity contribution in [3.05, 3.63) is 41.1 Å². The smallest absolute Gasteiger partial charge is 0.256 e. The lowest BCUT2D eigenvalue weighted by molar-refractivity contribution is 0.0788. The molecule has 1 aromatic heterocycles. The molecular weight excluding hydrogens is 326 g/mol. The summed E-state index contributed by atoms with van der Waals surface area (Å²) in [5.41, 5.74) is 3.12. The van der Waals surface area contributed by atoms with Crippen LogP contribution in [0.25, 0.3) is 10.9 Å². The highest BCUT2D eigenvalue weighted by molar-refractivity contribution is 7.88. The number of carbonyl (C=O) groups is 1. The number of sulfonamides is 1. The number of rotatable bonds is 3. The van der Waals surface area contributed by atoms with Gasteiger partial charge in [-0.2, -0.15) is 0 Å². The molecule has 128 valence electrons. The third kappa shape index (κ3) is 3.27. The summed E-state index contributed by atoms with van der Waals surface area (Å²) in [6, 6.07) is 7.54. The van der Waals surface area contributed by atoms with E-state index in [1.54, 1.807) is 4.90 Å². The van der Waals surface area contributed by atoms with Crippen LogP contribution in [0.15, 0.2) is 24.3 Å². The number of carbonyl (C=O) groups excluding carboxylic acids is 1. The van der Waals surface area contributed by atoms with Crippen LogP contribution >= 0.6 is 0 Å². The summed E-state index contributed by atoms with van der Waals surface area (Å²) in [6.45, 7) is 4.71. The van der Waals surface area contributed by atoms with Gasteiger partial charge in [0.05, 0.1) is 23.0 Å². The van der Waals surface area contributed by atoms with Gasteiger partial charge >= 0.3 is 0 Å². The number of benzene rings is 1. The number of amides is 1. The van der Waals surface area contributed by atoms with Crippen molar-refractivity contribution < 1.29 is 13.2 Å². The van der Waals surface area contributed by atoms with Crippen LogP contribution in [-0.4, -0.2) is 49.6 Å². The number of fused-ring (bicyclic) bond motifs is 1. The molecule has 1 aromatic carbocycles. The standard InChI is InChI=1S/C17H21N3O3S/c1-11-14-6-4-5-7-15(14)18-12(2)16(11)17(21)20-9-8-13(10-20)19-24(3,22)23/h4-7,13,19H,8-10H2,1-3H3. The van der Waals surface area contributed by atoms with E-state index in [-0.39, 0.29) is 11.9 Å². The zero-order valence-electron chi connectivity index (χ0n) is 14.0. The zero-order valence-corrected chi connectivity index (χ0v) is 14.9. The van der Waals surface area contributed by atoms with Crippen LogP contribution in [0, 0.1) is 13.8 Å². The number of likely N-dealkylation sites (tertiary alicyclic amines) is 1. The zero-order chi connectivity index (χ0) is 17.5. The molecule has 1 fully saturated rings. The number of hydrogen-bond acceptors (Lipinski definition) is 4. The van der Waals surface area contributed by atoms with Crippen LogP contribution in [0.5, 0.6) is 0 Å². The largest absolute Gasteiger partial charge is 0.337 e. The summed E-state index contributed by atoms with van der Waals surface area (Å²) < 4.78 is 25.3. The Morgan fingerprint density at radius 2 is 2.00 bits per heavy atom. The third-order valence-electron chi connectivity index (χ3n) is 4.40. The number of nitrogens with one attached hydrogen (secondary N) is 1. The molecule has 1 amide bonds. The van der Waals surface area contributed by atoms with Gasteiger partial charge < -0.3 is 4.90 Å². The van der Waals surface area contributed by atoms with E-state index in [0.29, 0.717) is 30.8 Å². The van der Waals surface area contributed by atoms with Gasteiger partial charge in [-0.3, -0.25) is 9.78 Å². The maximum absolute atomic E-state index is 13.0. The highest BCUT2D eigenvalue weighted by atomic mass is 32.2. The first-order valence-electron chi connectivity index (χ1n) is 7.89. The minimum Gasteiger partial charge on any atom is -0.337 e. The van der Waals surface area contributed by atoms with Gasteiger partial charge in [-0.25, -0.2) is 13.1 Å². The second-order valence-electron chi connectivity index (χ2n) is 6.34. The van der Waals surface area contributed by atoms with E-state index in [2.05, 4.69) is 9.71 Å². The first-order valence-corrected chi connectivity index (χ1v) is 9.78. The molecule has 1 aliphatic rings. The van der Waals surface area contributed by atoms with Crippen LogP contribution in [0.1, 0.15) is 28.0 Å². The summed E-state index contributed by atoms with van der Waals surface area (Å²) in [6.07, 6.45) is 1.76. The molecule has 0 spiro atoms. The lowest BCUT2D eigenvalue weighted by Crippen LogP contribution is -2.38. The molecule has 7 heteroatoms. The third-order valence-corrected chi connectivity index (χ3v) is 5.16. The second kappa shape index (κ2) is 6.14. The van der Waals surface area contributed by atoms with E-state index in [1.807, 2.05) is 38.1 Å². The lowest BCUT2D eigenvalue weighted by Gasteiger charge is -2.20. The Hall–Kier alpha value is -1.99. The van der Waals surface area contributed by atoms with Crippen LogP contribution in [-0.2, 0) is 10.0 Å². The van der Waals surface area contributed by atoms with Gasteiger partial charge in [-0.1, -0.05) is 18.2 Å². The Morgan fingerprint density at radius 1 is 1.29 bits per heavy atom. The summed E-state index contributed by atoms with van der Waals surface area (Å²) in [7, 11) is -3.27. The first-order chi connectivity index (χ1) is 11.3. The van der Waals surface area contributed by atoms with E-state index in [1.165, 1.54) is 0 Å². The molecule has 6 nitrogen and oxygen atoms in total. The number of aryl methyl sites for hydroxylation is 2.